The molecule has 0 atom stereocenters. The minimum Gasteiger partial charge on any atom is -0.455 e. The molecule has 2 aromatic carbocycles. The number of hydrogen-bond donors (Lipinski definition) is 1. The summed E-state index contributed by atoms with van der Waals surface area (Å²) in [6, 6.07) is 15.2. The van der Waals surface area contributed by atoms with Gasteiger partial charge >= 0.3 is 5.69 Å². The molecule has 0 unspecified atom stereocenters. The summed E-state index contributed by atoms with van der Waals surface area (Å²) in [5, 5.41) is 16.9. The fourth-order valence-electron chi connectivity index (χ4n) is 2.75. The molecule has 6 nitrogen and oxygen atoms in total. The third-order valence-corrected chi connectivity index (χ3v) is 4.02. The molecule has 1 aliphatic rings. The van der Waals surface area contributed by atoms with Crippen LogP contribution in [0.4, 0.5) is 11.4 Å². The Morgan fingerprint density at radius 2 is 1.81 bits per heavy atom. The molecule has 2 aromatic rings. The van der Waals surface area contributed by atoms with Gasteiger partial charge in [0.1, 0.15) is 5.75 Å². The van der Waals surface area contributed by atoms with Crippen molar-refractivity contribution in [3.05, 3.63) is 53.5 Å². The van der Waals surface area contributed by atoms with Crippen molar-refractivity contribution < 1.29 is 14.6 Å². The molecule has 0 aromatic heterocycles. The van der Waals surface area contributed by atoms with E-state index in [2.05, 4.69) is 14.6 Å². The Kier molecular flexibility index (Phi) is 8.40. The van der Waals surface area contributed by atoms with E-state index in [4.69, 9.17) is 15.2 Å². The summed E-state index contributed by atoms with van der Waals surface area (Å²) in [6.07, 6.45) is 3.70. The highest BCUT2D eigenvalue weighted by molar-refractivity contribution is 5.66. The lowest BCUT2D eigenvalue weighted by molar-refractivity contribution is 0.135. The molecule has 1 N–H and O–H groups in total. The summed E-state index contributed by atoms with van der Waals surface area (Å²) in [5.41, 5.74) is 1.56. The van der Waals surface area contributed by atoms with E-state index in [0.717, 1.165) is 30.3 Å². The van der Waals surface area contributed by atoms with Crippen LogP contribution >= 0.6 is 0 Å². The van der Waals surface area contributed by atoms with E-state index >= 15 is 0 Å². The van der Waals surface area contributed by atoms with Crippen LogP contribution in [0, 0.1) is 5.39 Å². The summed E-state index contributed by atoms with van der Waals surface area (Å²) in [6.45, 7) is 2.65. The van der Waals surface area contributed by atoms with Crippen molar-refractivity contribution in [2.45, 2.75) is 19.3 Å². The first-order valence-electron chi connectivity index (χ1n) is 8.85. The van der Waals surface area contributed by atoms with Gasteiger partial charge in [0.05, 0.1) is 25.0 Å². The number of hydrogen-bond acceptors (Lipinski definition) is 5. The molecule has 1 aliphatic heterocycles. The van der Waals surface area contributed by atoms with E-state index < -0.39 is 0 Å². The fraction of sp³-hybridized carbons (Fsp3) is 0.400. The monoisotopic (exact) mass is 356 g/mol. The zero-order valence-electron chi connectivity index (χ0n) is 15.2. The van der Waals surface area contributed by atoms with Gasteiger partial charge in [-0.05, 0) is 37.5 Å². The SMILES string of the molecule is COCCO.N#[N+]c1ccc(N2CCCCC2)c(Oc2ccccc2)c1. The molecule has 0 bridgehead atoms. The number of diazo groups is 1. The van der Waals surface area contributed by atoms with Gasteiger partial charge in [-0.25, -0.2) is 0 Å². The summed E-state index contributed by atoms with van der Waals surface area (Å²) in [5.74, 6) is 1.52. The number of anilines is 1. The van der Waals surface area contributed by atoms with E-state index in [-0.39, 0.29) is 6.61 Å². The van der Waals surface area contributed by atoms with Crippen LogP contribution in [0.3, 0.4) is 0 Å². The zero-order valence-corrected chi connectivity index (χ0v) is 15.2. The Morgan fingerprint density at radius 1 is 1.08 bits per heavy atom. The lowest BCUT2D eigenvalue weighted by Crippen LogP contribution is -2.29. The van der Waals surface area contributed by atoms with Crippen LogP contribution in [0.1, 0.15) is 19.3 Å². The molecule has 0 spiro atoms. The van der Waals surface area contributed by atoms with Gasteiger partial charge < -0.3 is 19.5 Å². The Morgan fingerprint density at radius 3 is 2.38 bits per heavy atom. The van der Waals surface area contributed by atoms with Gasteiger partial charge in [-0.15, -0.1) is 0 Å². The third kappa shape index (κ3) is 6.03. The summed E-state index contributed by atoms with van der Waals surface area (Å²) >= 11 is 0. The standard InChI is InChI=1S/C17H18N3O.C3H8O2/c18-19-14-9-10-16(20-11-5-2-6-12-20)17(13-14)21-15-7-3-1-4-8-15;1-5-3-2-4/h1,3-4,7-10,13H,2,5-6,11-12H2;4H,2-3H2,1H3/q+1;. The molecular weight excluding hydrogens is 330 g/mol. The van der Waals surface area contributed by atoms with Crippen molar-refractivity contribution in [2.75, 3.05) is 38.3 Å². The van der Waals surface area contributed by atoms with Crippen LogP contribution in [-0.4, -0.2) is 38.5 Å². The molecule has 0 radical (unpaired) electrons. The Hall–Kier alpha value is -2.62. The van der Waals surface area contributed by atoms with Crippen LogP contribution in [0.15, 0.2) is 48.5 Å². The number of piperidine rings is 1. The second-order valence-corrected chi connectivity index (χ2v) is 5.93. The van der Waals surface area contributed by atoms with E-state index in [0.29, 0.717) is 12.3 Å². The van der Waals surface area contributed by atoms with Gasteiger partial charge in [0.25, 0.3) is 0 Å². The first-order chi connectivity index (χ1) is 12.8. The number of ether oxygens (including phenoxy) is 2. The van der Waals surface area contributed by atoms with Gasteiger partial charge in [-0.3, -0.25) is 0 Å². The number of benzene rings is 2. The molecule has 0 amide bonds. The van der Waals surface area contributed by atoms with E-state index in [1.165, 1.54) is 19.3 Å². The molecule has 3 rings (SSSR count). The second-order valence-electron chi connectivity index (χ2n) is 5.93. The average Bonchev–Trinajstić information content (AvgIpc) is 2.70. The van der Waals surface area contributed by atoms with Crippen LogP contribution in [-0.2, 0) is 4.74 Å². The van der Waals surface area contributed by atoms with Crippen LogP contribution < -0.4 is 9.64 Å². The molecule has 0 aliphatic carbocycles. The molecule has 1 fully saturated rings. The van der Waals surface area contributed by atoms with Crippen LogP contribution in [0.2, 0.25) is 0 Å². The highest BCUT2D eigenvalue weighted by Crippen LogP contribution is 2.36. The number of aliphatic hydroxyl groups excluding tert-OH is 1. The Labute approximate surface area is 154 Å². The molecule has 26 heavy (non-hydrogen) atoms. The molecule has 1 saturated heterocycles. The summed E-state index contributed by atoms with van der Waals surface area (Å²) < 4.78 is 10.4. The highest BCUT2D eigenvalue weighted by atomic mass is 16.5. The van der Waals surface area contributed by atoms with Crippen molar-refractivity contribution >= 4 is 11.4 Å². The normalized spacial score (nSPS) is 13.3. The number of methoxy groups -OCH3 is 1. The molecule has 6 heteroatoms. The number of para-hydroxylation sites is 1. The first kappa shape index (κ1) is 19.7. The van der Waals surface area contributed by atoms with E-state index in [1.807, 2.05) is 42.5 Å². The smallest absolute Gasteiger partial charge is 0.388 e. The van der Waals surface area contributed by atoms with Gasteiger partial charge in [-0.1, -0.05) is 18.2 Å². The largest absolute Gasteiger partial charge is 0.455 e. The number of rotatable bonds is 5. The second kappa shape index (κ2) is 11.1. The first-order valence-corrected chi connectivity index (χ1v) is 8.85. The van der Waals surface area contributed by atoms with Gasteiger partial charge in [0.15, 0.2) is 10.7 Å². The predicted octanol–water partition coefficient (Wildman–Crippen LogP) is 4.58. The van der Waals surface area contributed by atoms with Crippen molar-refractivity contribution in [3.63, 3.8) is 0 Å². The minimum absolute atomic E-state index is 0.122. The Balaban J connectivity index is 0.000000431. The fourth-order valence-corrected chi connectivity index (χ4v) is 2.75. The van der Waals surface area contributed by atoms with Gasteiger partial charge in [0, 0.05) is 26.3 Å². The topological polar surface area (TPSA) is 70.1 Å². The van der Waals surface area contributed by atoms with Crippen LogP contribution in [0.25, 0.3) is 4.98 Å². The molecule has 1 heterocycles. The van der Waals surface area contributed by atoms with Crippen molar-refractivity contribution in [3.8, 4) is 11.5 Å². The van der Waals surface area contributed by atoms with Crippen molar-refractivity contribution in [2.24, 2.45) is 0 Å². The van der Waals surface area contributed by atoms with E-state index in [9.17, 15) is 0 Å². The van der Waals surface area contributed by atoms with Crippen molar-refractivity contribution in [1.29, 1.82) is 5.39 Å². The van der Waals surface area contributed by atoms with Gasteiger partial charge in [0.2, 0.25) is 5.39 Å². The minimum atomic E-state index is 0.122. The van der Waals surface area contributed by atoms with Crippen molar-refractivity contribution in [1.82, 2.24) is 0 Å². The molecular formula is C20H26N3O3+. The maximum Gasteiger partial charge on any atom is 0.388 e. The zero-order chi connectivity index (χ0) is 18.6. The number of nitrogens with zero attached hydrogens (tertiary/aromatic N) is 3. The quantitative estimate of drug-likeness (QED) is 0.794. The molecule has 0 saturated carbocycles. The van der Waals surface area contributed by atoms with E-state index in [1.54, 1.807) is 13.2 Å². The summed E-state index contributed by atoms with van der Waals surface area (Å²) in [4.78, 5) is 5.60. The Bertz CT molecular complexity index is 693. The lowest BCUT2D eigenvalue weighted by atomic mass is 10.1. The maximum absolute atomic E-state index is 8.99. The maximum atomic E-state index is 8.99. The molecule has 138 valence electrons. The average molecular weight is 356 g/mol. The van der Waals surface area contributed by atoms with Gasteiger partial charge in [-0.2, -0.15) is 0 Å². The number of aliphatic hydroxyl groups is 1. The predicted molar refractivity (Wildman–Crippen MR) is 103 cm³/mol. The summed E-state index contributed by atoms with van der Waals surface area (Å²) in [7, 11) is 1.55. The lowest BCUT2D eigenvalue weighted by Gasteiger charge is -2.29. The van der Waals surface area contributed by atoms with Crippen LogP contribution in [0.5, 0.6) is 11.5 Å². The third-order valence-electron chi connectivity index (χ3n) is 4.02. The highest BCUT2D eigenvalue weighted by Gasteiger charge is 2.19.